The Bertz CT molecular complexity index is 700. The van der Waals surface area contributed by atoms with Gasteiger partial charge >= 0.3 is 0 Å². The molecule has 1 aromatic carbocycles. The van der Waals surface area contributed by atoms with Gasteiger partial charge in [0, 0.05) is 39.5 Å². The molecule has 2 atom stereocenters. The number of rotatable bonds is 6. The number of aryl methyl sites for hydroxylation is 1. The van der Waals surface area contributed by atoms with Crippen LogP contribution in [0.1, 0.15) is 43.5 Å². The average molecular weight is 342 g/mol. The molecule has 2 heterocycles. The van der Waals surface area contributed by atoms with E-state index in [1.54, 1.807) is 13.8 Å². The molecule has 0 saturated carbocycles. The number of hydrogen-bond donors (Lipinski definition) is 0. The first-order valence-electron chi connectivity index (χ1n) is 8.86. The van der Waals surface area contributed by atoms with Gasteiger partial charge in [0.2, 0.25) is 11.8 Å². The van der Waals surface area contributed by atoms with Crippen LogP contribution in [0.25, 0.3) is 0 Å². The molecule has 1 aliphatic heterocycles. The third-order valence-electron chi connectivity index (χ3n) is 4.87. The Labute approximate surface area is 148 Å². The first-order chi connectivity index (χ1) is 12.0. The van der Waals surface area contributed by atoms with Gasteiger partial charge < -0.3 is 14.3 Å². The summed E-state index contributed by atoms with van der Waals surface area (Å²) in [6, 6.07) is 10.8. The van der Waals surface area contributed by atoms with E-state index in [0.717, 1.165) is 26.1 Å². The van der Waals surface area contributed by atoms with E-state index < -0.39 is 0 Å². The number of hydrogen-bond acceptors (Lipinski definition) is 5. The maximum atomic E-state index is 12.1. The van der Waals surface area contributed by atoms with E-state index in [1.165, 1.54) is 5.56 Å². The Morgan fingerprint density at radius 3 is 2.80 bits per heavy atom. The van der Waals surface area contributed by atoms with E-state index in [1.807, 2.05) is 11.0 Å². The highest BCUT2D eigenvalue weighted by Gasteiger charge is 2.30. The van der Waals surface area contributed by atoms with Crippen molar-refractivity contribution in [3.8, 4) is 0 Å². The fourth-order valence-electron chi connectivity index (χ4n) is 3.56. The fraction of sp³-hybridized carbons (Fsp3) is 0.526. The molecule has 1 aliphatic rings. The van der Waals surface area contributed by atoms with Crippen molar-refractivity contribution in [1.82, 2.24) is 19.9 Å². The molecule has 0 spiro atoms. The lowest BCUT2D eigenvalue weighted by atomic mass is 10.0. The topological polar surface area (TPSA) is 62.5 Å². The van der Waals surface area contributed by atoms with Crippen molar-refractivity contribution in [1.29, 1.82) is 0 Å². The highest BCUT2D eigenvalue weighted by molar-refractivity contribution is 5.73. The number of benzene rings is 1. The number of aromatic nitrogens is 2. The van der Waals surface area contributed by atoms with E-state index in [-0.39, 0.29) is 11.9 Å². The van der Waals surface area contributed by atoms with Crippen LogP contribution in [0, 0.1) is 6.92 Å². The van der Waals surface area contributed by atoms with Gasteiger partial charge in [0.1, 0.15) is 0 Å². The molecule has 0 radical (unpaired) electrons. The Kier molecular flexibility index (Phi) is 5.48. The van der Waals surface area contributed by atoms with Gasteiger partial charge in [-0.15, -0.1) is 0 Å². The maximum Gasteiger partial charge on any atom is 0.223 e. The van der Waals surface area contributed by atoms with Gasteiger partial charge in [-0.1, -0.05) is 42.4 Å². The number of likely N-dealkylation sites (tertiary alicyclic amines) is 1. The van der Waals surface area contributed by atoms with Crippen LogP contribution in [0.5, 0.6) is 0 Å². The third-order valence-corrected chi connectivity index (χ3v) is 4.87. The van der Waals surface area contributed by atoms with E-state index in [0.29, 0.717) is 24.2 Å². The van der Waals surface area contributed by atoms with Crippen LogP contribution in [-0.2, 0) is 11.3 Å². The molecule has 2 unspecified atom stereocenters. The van der Waals surface area contributed by atoms with E-state index in [9.17, 15) is 4.79 Å². The summed E-state index contributed by atoms with van der Waals surface area (Å²) in [7, 11) is 0. The van der Waals surface area contributed by atoms with Crippen LogP contribution in [-0.4, -0.2) is 51.5 Å². The van der Waals surface area contributed by atoms with Gasteiger partial charge in [-0.05, 0) is 17.9 Å². The van der Waals surface area contributed by atoms with Crippen LogP contribution < -0.4 is 0 Å². The smallest absolute Gasteiger partial charge is 0.223 e. The second-order valence-electron chi connectivity index (χ2n) is 6.89. The fourth-order valence-corrected chi connectivity index (χ4v) is 3.56. The molecule has 1 fully saturated rings. The second kappa shape index (κ2) is 7.78. The largest absolute Gasteiger partial charge is 0.340 e. The van der Waals surface area contributed by atoms with Crippen LogP contribution >= 0.6 is 0 Å². The van der Waals surface area contributed by atoms with Crippen LogP contribution in [0.15, 0.2) is 34.9 Å². The van der Waals surface area contributed by atoms with Crippen molar-refractivity contribution in [2.75, 3.05) is 19.6 Å². The number of nitrogens with zero attached hydrogens (tertiary/aromatic N) is 4. The second-order valence-corrected chi connectivity index (χ2v) is 6.89. The molecule has 0 N–H and O–H groups in total. The molecular formula is C19H26N4O2. The van der Waals surface area contributed by atoms with Gasteiger partial charge in [-0.25, -0.2) is 0 Å². The first-order valence-corrected chi connectivity index (χ1v) is 8.86. The monoisotopic (exact) mass is 342 g/mol. The molecule has 6 nitrogen and oxygen atoms in total. The minimum Gasteiger partial charge on any atom is -0.340 e. The summed E-state index contributed by atoms with van der Waals surface area (Å²) in [4.78, 5) is 20.7. The molecule has 1 aromatic heterocycles. The highest BCUT2D eigenvalue weighted by Crippen LogP contribution is 2.22. The maximum absolute atomic E-state index is 12.1. The van der Waals surface area contributed by atoms with Gasteiger partial charge in [0.25, 0.3) is 0 Å². The zero-order valence-corrected chi connectivity index (χ0v) is 15.2. The Hall–Kier alpha value is -2.21. The van der Waals surface area contributed by atoms with Crippen molar-refractivity contribution in [2.45, 2.75) is 45.7 Å². The lowest BCUT2D eigenvalue weighted by molar-refractivity contribution is -0.131. The number of amides is 1. The molecule has 6 heteroatoms. The van der Waals surface area contributed by atoms with Crippen molar-refractivity contribution >= 4 is 5.91 Å². The normalized spacial score (nSPS) is 19.1. The molecular weight excluding hydrogens is 316 g/mol. The van der Waals surface area contributed by atoms with Crippen LogP contribution in [0.2, 0.25) is 0 Å². The quantitative estimate of drug-likeness (QED) is 0.807. The Morgan fingerprint density at radius 2 is 2.16 bits per heavy atom. The lowest BCUT2D eigenvalue weighted by Crippen LogP contribution is -2.40. The van der Waals surface area contributed by atoms with Crippen molar-refractivity contribution in [3.63, 3.8) is 0 Å². The zero-order valence-electron chi connectivity index (χ0n) is 15.2. The minimum atomic E-state index is 0.0606. The summed E-state index contributed by atoms with van der Waals surface area (Å²) in [6.45, 7) is 8.96. The molecule has 2 aromatic rings. The molecule has 0 bridgehead atoms. The summed E-state index contributed by atoms with van der Waals surface area (Å²) >= 11 is 0. The highest BCUT2D eigenvalue weighted by atomic mass is 16.5. The van der Waals surface area contributed by atoms with E-state index in [2.05, 4.69) is 46.2 Å². The molecule has 0 aliphatic carbocycles. The van der Waals surface area contributed by atoms with E-state index in [4.69, 9.17) is 4.52 Å². The summed E-state index contributed by atoms with van der Waals surface area (Å²) in [5.41, 5.74) is 1.36. The van der Waals surface area contributed by atoms with Crippen molar-refractivity contribution in [2.24, 2.45) is 0 Å². The third kappa shape index (κ3) is 4.45. The molecule has 1 amide bonds. The number of carbonyl (C=O) groups excluding carboxylic acids is 1. The summed E-state index contributed by atoms with van der Waals surface area (Å²) < 4.78 is 5.02. The minimum absolute atomic E-state index is 0.0606. The standard InChI is InChI=1S/C19H26N4O2/c1-14(17-7-5-4-6-8-17)11-22-10-9-18(12-22)23(16(3)24)13-19-20-15(2)25-21-19/h4-8,14,18H,9-13H2,1-3H3. The van der Waals surface area contributed by atoms with Crippen LogP contribution in [0.3, 0.4) is 0 Å². The summed E-state index contributed by atoms with van der Waals surface area (Å²) in [5, 5.41) is 3.92. The predicted octanol–water partition coefficient (Wildman–Crippen LogP) is 2.60. The molecule has 134 valence electrons. The zero-order chi connectivity index (χ0) is 17.8. The molecule has 1 saturated heterocycles. The van der Waals surface area contributed by atoms with Gasteiger partial charge in [0.05, 0.1) is 6.54 Å². The summed E-state index contributed by atoms with van der Waals surface area (Å²) in [6.07, 6.45) is 0.984. The number of carbonyl (C=O) groups is 1. The first kappa shape index (κ1) is 17.6. The van der Waals surface area contributed by atoms with Crippen molar-refractivity contribution in [3.05, 3.63) is 47.6 Å². The SMILES string of the molecule is CC(=O)N(Cc1noc(C)n1)C1CCN(CC(C)c2ccccc2)C1. The van der Waals surface area contributed by atoms with Gasteiger partial charge in [-0.2, -0.15) is 4.98 Å². The van der Waals surface area contributed by atoms with Gasteiger partial charge in [0.15, 0.2) is 5.82 Å². The predicted molar refractivity (Wildman–Crippen MR) is 95.0 cm³/mol. The average Bonchev–Trinajstić information content (AvgIpc) is 3.22. The van der Waals surface area contributed by atoms with Gasteiger partial charge in [-0.3, -0.25) is 4.79 Å². The Morgan fingerprint density at radius 1 is 1.40 bits per heavy atom. The van der Waals surface area contributed by atoms with E-state index >= 15 is 0 Å². The lowest BCUT2D eigenvalue weighted by Gasteiger charge is -2.27. The summed E-state index contributed by atoms with van der Waals surface area (Å²) in [5.74, 6) is 1.64. The molecule has 3 rings (SSSR count). The van der Waals surface area contributed by atoms with Crippen LogP contribution in [0.4, 0.5) is 0 Å². The Balaban J connectivity index is 1.59. The molecule has 25 heavy (non-hydrogen) atoms. The van der Waals surface area contributed by atoms with Crippen molar-refractivity contribution < 1.29 is 9.32 Å².